The number of halogens is 1. The van der Waals surface area contributed by atoms with E-state index in [0.717, 1.165) is 10.6 Å². The largest absolute Gasteiger partial charge is 0.457 e. The summed E-state index contributed by atoms with van der Waals surface area (Å²) >= 11 is 7.57. The zero-order valence-electron chi connectivity index (χ0n) is 20.7. The molecule has 2 N–H and O–H groups in total. The first kappa shape index (κ1) is 27.1. The molecule has 194 valence electrons. The van der Waals surface area contributed by atoms with Crippen LogP contribution in [0.15, 0.2) is 114 Å². The van der Waals surface area contributed by atoms with E-state index in [1.807, 2.05) is 84.9 Å². The van der Waals surface area contributed by atoms with Crippen LogP contribution >= 0.6 is 23.4 Å². The van der Waals surface area contributed by atoms with E-state index in [2.05, 4.69) is 10.6 Å². The molecule has 0 fully saturated rings. The van der Waals surface area contributed by atoms with Crippen molar-refractivity contribution in [3.63, 3.8) is 0 Å². The van der Waals surface area contributed by atoms with Crippen molar-refractivity contribution in [2.75, 3.05) is 29.1 Å². The van der Waals surface area contributed by atoms with Gasteiger partial charge in [0.1, 0.15) is 11.5 Å². The van der Waals surface area contributed by atoms with Gasteiger partial charge in [0, 0.05) is 34.4 Å². The number of carbonyl (C=O) groups excluding carboxylic acids is 2. The minimum Gasteiger partial charge on any atom is -0.457 e. The fourth-order valence-corrected chi connectivity index (χ4v) is 4.55. The molecule has 0 aliphatic carbocycles. The Morgan fingerprint density at radius 3 is 2.21 bits per heavy atom. The van der Waals surface area contributed by atoms with Gasteiger partial charge in [-0.15, -0.1) is 11.8 Å². The standard InChI is InChI=1S/C30H28ClN3O3S/c31-23-9-7-10-24(21-23)33-30(36)34(20-8-19-32-29(35)22-38-28-13-5-2-6-14-28)25-15-17-27(18-16-25)37-26-11-3-1-4-12-26/h1-7,9-18,21H,8,19-20,22H2,(H,32,35)(H,33,36). The van der Waals surface area contributed by atoms with E-state index in [1.165, 1.54) is 11.8 Å². The monoisotopic (exact) mass is 545 g/mol. The average Bonchev–Trinajstić information content (AvgIpc) is 2.94. The average molecular weight is 546 g/mol. The fourth-order valence-electron chi connectivity index (χ4n) is 3.61. The van der Waals surface area contributed by atoms with E-state index >= 15 is 0 Å². The number of rotatable bonds is 11. The minimum atomic E-state index is -0.296. The molecule has 6 nitrogen and oxygen atoms in total. The molecule has 0 aliphatic heterocycles. The summed E-state index contributed by atoms with van der Waals surface area (Å²) in [5.41, 5.74) is 1.30. The van der Waals surface area contributed by atoms with E-state index in [4.69, 9.17) is 16.3 Å². The summed E-state index contributed by atoms with van der Waals surface area (Å²) in [4.78, 5) is 28.2. The van der Waals surface area contributed by atoms with Gasteiger partial charge in [-0.2, -0.15) is 0 Å². The number of hydrogen-bond acceptors (Lipinski definition) is 4. The van der Waals surface area contributed by atoms with Gasteiger partial charge in [-0.05, 0) is 73.2 Å². The second-order valence-corrected chi connectivity index (χ2v) is 9.79. The normalized spacial score (nSPS) is 10.4. The van der Waals surface area contributed by atoms with Gasteiger partial charge in [0.25, 0.3) is 0 Å². The number of amides is 3. The maximum absolute atomic E-state index is 13.2. The highest BCUT2D eigenvalue weighted by atomic mass is 35.5. The molecular weight excluding hydrogens is 518 g/mol. The van der Waals surface area contributed by atoms with Crippen LogP contribution < -0.4 is 20.3 Å². The van der Waals surface area contributed by atoms with E-state index < -0.39 is 0 Å². The van der Waals surface area contributed by atoms with Crippen LogP contribution in [-0.2, 0) is 4.79 Å². The SMILES string of the molecule is O=C(CSc1ccccc1)NCCCN(C(=O)Nc1cccc(Cl)c1)c1ccc(Oc2ccccc2)cc1. The molecule has 3 amide bonds. The molecule has 0 atom stereocenters. The van der Waals surface area contributed by atoms with Crippen LogP contribution in [0, 0.1) is 0 Å². The lowest BCUT2D eigenvalue weighted by Crippen LogP contribution is -2.37. The summed E-state index contributed by atoms with van der Waals surface area (Å²) in [5, 5.41) is 6.38. The van der Waals surface area contributed by atoms with Gasteiger partial charge >= 0.3 is 6.03 Å². The number of carbonyl (C=O) groups is 2. The number of anilines is 2. The summed E-state index contributed by atoms with van der Waals surface area (Å²) in [6.07, 6.45) is 0.576. The van der Waals surface area contributed by atoms with E-state index in [0.29, 0.717) is 47.4 Å². The predicted octanol–water partition coefficient (Wildman–Crippen LogP) is 7.47. The van der Waals surface area contributed by atoms with Crippen molar-refractivity contribution in [1.82, 2.24) is 5.32 Å². The van der Waals surface area contributed by atoms with Crippen LogP contribution in [0.2, 0.25) is 5.02 Å². The number of ether oxygens (including phenoxy) is 1. The molecular formula is C30H28ClN3O3S. The summed E-state index contributed by atoms with van der Waals surface area (Å²) < 4.78 is 5.88. The quantitative estimate of drug-likeness (QED) is 0.151. The van der Waals surface area contributed by atoms with E-state index in [1.54, 1.807) is 29.2 Å². The van der Waals surface area contributed by atoms with Gasteiger partial charge in [-0.25, -0.2) is 4.79 Å². The smallest absolute Gasteiger partial charge is 0.326 e. The number of urea groups is 1. The summed E-state index contributed by atoms with van der Waals surface area (Å²) in [7, 11) is 0. The molecule has 0 unspecified atom stereocenters. The minimum absolute atomic E-state index is 0.0452. The Balaban J connectivity index is 1.36. The summed E-state index contributed by atoms with van der Waals surface area (Å²) in [6.45, 7) is 0.849. The number of hydrogen-bond donors (Lipinski definition) is 2. The number of para-hydroxylation sites is 1. The fraction of sp³-hybridized carbons (Fsp3) is 0.133. The van der Waals surface area contributed by atoms with Crippen LogP contribution in [-0.4, -0.2) is 30.8 Å². The molecule has 0 heterocycles. The Labute approximate surface area is 232 Å². The first-order chi connectivity index (χ1) is 18.6. The van der Waals surface area contributed by atoms with Gasteiger partial charge in [0.05, 0.1) is 5.75 Å². The highest BCUT2D eigenvalue weighted by molar-refractivity contribution is 8.00. The molecule has 0 saturated carbocycles. The molecule has 0 bridgehead atoms. The zero-order chi connectivity index (χ0) is 26.6. The third kappa shape index (κ3) is 8.57. The van der Waals surface area contributed by atoms with Gasteiger partial charge in [0.15, 0.2) is 0 Å². The Kier molecular flexibility index (Phi) is 10.1. The number of benzene rings is 4. The van der Waals surface area contributed by atoms with Crippen LogP contribution in [0.5, 0.6) is 11.5 Å². The van der Waals surface area contributed by atoms with Crippen LogP contribution in [0.3, 0.4) is 0 Å². The van der Waals surface area contributed by atoms with Gasteiger partial charge < -0.3 is 15.4 Å². The predicted molar refractivity (Wildman–Crippen MR) is 156 cm³/mol. The third-order valence-corrected chi connectivity index (χ3v) is 6.69. The Morgan fingerprint density at radius 2 is 1.50 bits per heavy atom. The van der Waals surface area contributed by atoms with Gasteiger partial charge in [-0.3, -0.25) is 9.69 Å². The topological polar surface area (TPSA) is 70.7 Å². The maximum atomic E-state index is 13.2. The van der Waals surface area contributed by atoms with E-state index in [-0.39, 0.29) is 11.9 Å². The van der Waals surface area contributed by atoms with Gasteiger partial charge in [-0.1, -0.05) is 54.1 Å². The lowest BCUT2D eigenvalue weighted by molar-refractivity contribution is -0.118. The first-order valence-electron chi connectivity index (χ1n) is 12.2. The highest BCUT2D eigenvalue weighted by Gasteiger charge is 2.16. The van der Waals surface area contributed by atoms with Crippen LogP contribution in [0.1, 0.15) is 6.42 Å². The van der Waals surface area contributed by atoms with Crippen LogP contribution in [0.25, 0.3) is 0 Å². The van der Waals surface area contributed by atoms with Crippen molar-refractivity contribution in [1.29, 1.82) is 0 Å². The highest BCUT2D eigenvalue weighted by Crippen LogP contribution is 2.25. The van der Waals surface area contributed by atoms with E-state index in [9.17, 15) is 9.59 Å². The van der Waals surface area contributed by atoms with Crippen molar-refractivity contribution in [3.05, 3.63) is 114 Å². The van der Waals surface area contributed by atoms with Crippen molar-refractivity contribution < 1.29 is 14.3 Å². The molecule has 0 aromatic heterocycles. The van der Waals surface area contributed by atoms with Crippen molar-refractivity contribution in [2.45, 2.75) is 11.3 Å². The maximum Gasteiger partial charge on any atom is 0.326 e. The molecule has 0 aliphatic rings. The van der Waals surface area contributed by atoms with Crippen molar-refractivity contribution >= 4 is 46.7 Å². The molecule has 8 heteroatoms. The lowest BCUT2D eigenvalue weighted by atomic mass is 10.2. The Morgan fingerprint density at radius 1 is 0.816 bits per heavy atom. The molecule has 0 radical (unpaired) electrons. The lowest BCUT2D eigenvalue weighted by Gasteiger charge is -2.24. The van der Waals surface area contributed by atoms with Crippen molar-refractivity contribution in [2.24, 2.45) is 0 Å². The molecule has 38 heavy (non-hydrogen) atoms. The number of thioether (sulfide) groups is 1. The summed E-state index contributed by atoms with van der Waals surface area (Å²) in [5.74, 6) is 1.69. The Hall–Kier alpha value is -3.94. The summed E-state index contributed by atoms with van der Waals surface area (Å²) in [6, 6.07) is 33.3. The number of nitrogens with zero attached hydrogens (tertiary/aromatic N) is 1. The zero-order valence-corrected chi connectivity index (χ0v) is 22.3. The third-order valence-electron chi connectivity index (χ3n) is 5.44. The van der Waals surface area contributed by atoms with Crippen molar-refractivity contribution in [3.8, 4) is 11.5 Å². The second-order valence-electron chi connectivity index (χ2n) is 8.31. The first-order valence-corrected chi connectivity index (χ1v) is 13.5. The van der Waals surface area contributed by atoms with Crippen LogP contribution in [0.4, 0.5) is 16.2 Å². The number of nitrogens with one attached hydrogen (secondary N) is 2. The molecule has 0 saturated heterocycles. The molecule has 0 spiro atoms. The second kappa shape index (κ2) is 14.1. The Bertz CT molecular complexity index is 1320. The molecule has 4 aromatic rings. The molecule has 4 rings (SSSR count). The van der Waals surface area contributed by atoms with Gasteiger partial charge in [0.2, 0.25) is 5.91 Å². The molecule has 4 aromatic carbocycles.